The molecule has 0 aliphatic carbocycles. The average Bonchev–Trinajstić information content (AvgIpc) is 2.59. The minimum atomic E-state index is -0.0880. The molecule has 6 heteroatoms. The maximum Gasteiger partial charge on any atom is 0.253 e. The first-order chi connectivity index (χ1) is 12.0. The molecule has 2 N–H and O–H groups in total. The lowest BCUT2D eigenvalue weighted by molar-refractivity contribution is 0.0952. The molecule has 1 aromatic heterocycles. The predicted octanol–water partition coefficient (Wildman–Crippen LogP) is 3.45. The SMILES string of the molecule is CNc1c2cccc(C)c2nc2c(C(=O)NCCN(C)C)cccc12.Cl. The van der Waals surface area contributed by atoms with E-state index in [1.54, 1.807) is 0 Å². The van der Waals surface area contributed by atoms with Crippen LogP contribution in [0.2, 0.25) is 0 Å². The number of para-hydroxylation sites is 2. The Morgan fingerprint density at radius 2 is 1.73 bits per heavy atom. The zero-order valence-electron chi connectivity index (χ0n) is 15.6. The fraction of sp³-hybridized carbons (Fsp3) is 0.300. The topological polar surface area (TPSA) is 57.3 Å². The quantitative estimate of drug-likeness (QED) is 0.673. The molecule has 0 aliphatic rings. The second-order valence-electron chi connectivity index (χ2n) is 6.47. The normalized spacial score (nSPS) is 10.8. The number of carbonyl (C=O) groups is 1. The molecule has 0 atom stereocenters. The highest BCUT2D eigenvalue weighted by Crippen LogP contribution is 2.33. The molecule has 3 aromatic rings. The number of halogens is 1. The molecule has 0 bridgehead atoms. The van der Waals surface area contributed by atoms with Crippen molar-refractivity contribution in [3.05, 3.63) is 47.5 Å². The number of likely N-dealkylation sites (N-methyl/N-ethyl adjacent to an activating group) is 1. The summed E-state index contributed by atoms with van der Waals surface area (Å²) in [4.78, 5) is 19.5. The highest BCUT2D eigenvalue weighted by atomic mass is 35.5. The van der Waals surface area contributed by atoms with Gasteiger partial charge in [-0.05, 0) is 32.6 Å². The zero-order valence-corrected chi connectivity index (χ0v) is 16.4. The Morgan fingerprint density at radius 1 is 1.08 bits per heavy atom. The van der Waals surface area contributed by atoms with Crippen molar-refractivity contribution in [2.45, 2.75) is 6.92 Å². The van der Waals surface area contributed by atoms with E-state index in [0.717, 1.165) is 39.6 Å². The average molecular weight is 373 g/mol. The van der Waals surface area contributed by atoms with Crippen molar-refractivity contribution in [2.75, 3.05) is 39.5 Å². The van der Waals surface area contributed by atoms with Gasteiger partial charge in [0.2, 0.25) is 0 Å². The van der Waals surface area contributed by atoms with E-state index < -0.39 is 0 Å². The van der Waals surface area contributed by atoms with Gasteiger partial charge in [0.05, 0.1) is 22.3 Å². The third kappa shape index (κ3) is 3.74. The van der Waals surface area contributed by atoms with Gasteiger partial charge in [-0.1, -0.05) is 30.3 Å². The molecule has 1 amide bonds. The molecular formula is C20H25ClN4O. The molecule has 0 fully saturated rings. The summed E-state index contributed by atoms with van der Waals surface area (Å²) in [5.74, 6) is -0.0880. The number of fused-ring (bicyclic) bond motifs is 2. The number of hydrogen-bond donors (Lipinski definition) is 2. The number of amides is 1. The number of benzene rings is 2. The van der Waals surface area contributed by atoms with Crippen molar-refractivity contribution in [1.82, 2.24) is 15.2 Å². The summed E-state index contributed by atoms with van der Waals surface area (Å²) >= 11 is 0. The monoisotopic (exact) mass is 372 g/mol. The molecular weight excluding hydrogens is 348 g/mol. The van der Waals surface area contributed by atoms with Gasteiger partial charge in [-0.3, -0.25) is 4.79 Å². The van der Waals surface area contributed by atoms with Crippen LogP contribution in [0.5, 0.6) is 0 Å². The highest BCUT2D eigenvalue weighted by molar-refractivity contribution is 6.14. The van der Waals surface area contributed by atoms with E-state index in [2.05, 4.69) is 16.7 Å². The summed E-state index contributed by atoms with van der Waals surface area (Å²) in [5, 5.41) is 8.30. The van der Waals surface area contributed by atoms with Gasteiger partial charge in [0.25, 0.3) is 5.91 Å². The minimum absolute atomic E-state index is 0. The molecule has 0 aliphatic heterocycles. The first-order valence-corrected chi connectivity index (χ1v) is 8.45. The third-order valence-electron chi connectivity index (χ3n) is 4.38. The first-order valence-electron chi connectivity index (χ1n) is 8.45. The van der Waals surface area contributed by atoms with Gasteiger partial charge in [-0.2, -0.15) is 0 Å². The van der Waals surface area contributed by atoms with Crippen molar-refractivity contribution in [1.29, 1.82) is 0 Å². The predicted molar refractivity (Wildman–Crippen MR) is 112 cm³/mol. The van der Waals surface area contributed by atoms with Crippen molar-refractivity contribution >= 4 is 45.8 Å². The van der Waals surface area contributed by atoms with E-state index in [-0.39, 0.29) is 18.3 Å². The van der Waals surface area contributed by atoms with Crippen molar-refractivity contribution in [3.63, 3.8) is 0 Å². The van der Waals surface area contributed by atoms with Crippen LogP contribution in [-0.4, -0.2) is 50.0 Å². The summed E-state index contributed by atoms with van der Waals surface area (Å²) in [7, 11) is 5.87. The minimum Gasteiger partial charge on any atom is -0.387 e. The van der Waals surface area contributed by atoms with Gasteiger partial charge < -0.3 is 15.5 Å². The van der Waals surface area contributed by atoms with Crippen molar-refractivity contribution in [3.8, 4) is 0 Å². The fourth-order valence-electron chi connectivity index (χ4n) is 3.07. The molecule has 0 unspecified atom stereocenters. The van der Waals surface area contributed by atoms with Gasteiger partial charge in [0, 0.05) is 30.9 Å². The molecule has 0 spiro atoms. The van der Waals surface area contributed by atoms with Crippen LogP contribution in [0.25, 0.3) is 21.8 Å². The standard InChI is InChI=1S/C20H24N4O.ClH/c1-13-7-5-8-14-17(13)23-19-15(18(14)21-2)9-6-10-16(19)20(25)22-11-12-24(3)4;/h5-10H,11-12H2,1-4H3,(H,21,23)(H,22,25);1H. The lowest BCUT2D eigenvalue weighted by Crippen LogP contribution is -2.31. The Kier molecular flexibility index (Phi) is 6.40. The molecule has 26 heavy (non-hydrogen) atoms. The van der Waals surface area contributed by atoms with Gasteiger partial charge >= 0.3 is 0 Å². The second kappa shape index (κ2) is 8.34. The lowest BCUT2D eigenvalue weighted by atomic mass is 10.0. The second-order valence-corrected chi connectivity index (χ2v) is 6.47. The lowest BCUT2D eigenvalue weighted by Gasteiger charge is -2.15. The highest BCUT2D eigenvalue weighted by Gasteiger charge is 2.16. The fourth-order valence-corrected chi connectivity index (χ4v) is 3.07. The molecule has 0 saturated heterocycles. The maximum atomic E-state index is 12.7. The van der Waals surface area contributed by atoms with Gasteiger partial charge in [0.1, 0.15) is 0 Å². The van der Waals surface area contributed by atoms with Gasteiger partial charge in [0.15, 0.2) is 0 Å². The van der Waals surface area contributed by atoms with Crippen LogP contribution in [0.15, 0.2) is 36.4 Å². The molecule has 0 saturated carbocycles. The van der Waals surface area contributed by atoms with Crippen LogP contribution < -0.4 is 10.6 Å². The molecule has 5 nitrogen and oxygen atoms in total. The number of anilines is 1. The smallest absolute Gasteiger partial charge is 0.253 e. The summed E-state index contributed by atoms with van der Waals surface area (Å²) in [6, 6.07) is 11.9. The zero-order chi connectivity index (χ0) is 18.0. The molecule has 1 heterocycles. The summed E-state index contributed by atoms with van der Waals surface area (Å²) in [5.41, 5.74) is 4.37. The molecule has 138 valence electrons. The molecule has 0 radical (unpaired) electrons. The number of hydrogen-bond acceptors (Lipinski definition) is 4. The third-order valence-corrected chi connectivity index (χ3v) is 4.38. The Bertz CT molecular complexity index is 940. The maximum absolute atomic E-state index is 12.7. The number of carbonyl (C=O) groups excluding carboxylic acids is 1. The Balaban J connectivity index is 0.00000243. The van der Waals surface area contributed by atoms with E-state index in [0.29, 0.717) is 12.1 Å². The number of pyridine rings is 1. The van der Waals surface area contributed by atoms with Crippen LogP contribution in [0, 0.1) is 6.92 Å². The number of nitrogens with one attached hydrogen (secondary N) is 2. The summed E-state index contributed by atoms with van der Waals surface area (Å²) < 4.78 is 0. The molecule has 3 rings (SSSR count). The van der Waals surface area contributed by atoms with Crippen molar-refractivity contribution in [2.24, 2.45) is 0 Å². The number of aryl methyl sites for hydroxylation is 1. The van der Waals surface area contributed by atoms with E-state index in [4.69, 9.17) is 4.98 Å². The van der Waals surface area contributed by atoms with E-state index >= 15 is 0 Å². The summed E-state index contributed by atoms with van der Waals surface area (Å²) in [6.07, 6.45) is 0. The van der Waals surface area contributed by atoms with E-state index in [1.165, 1.54) is 0 Å². The van der Waals surface area contributed by atoms with Gasteiger partial charge in [-0.15, -0.1) is 12.4 Å². The van der Waals surface area contributed by atoms with Crippen molar-refractivity contribution < 1.29 is 4.79 Å². The number of rotatable bonds is 5. The Morgan fingerprint density at radius 3 is 2.38 bits per heavy atom. The Hall–Kier alpha value is -2.37. The van der Waals surface area contributed by atoms with Crippen LogP contribution in [0.3, 0.4) is 0 Å². The number of nitrogens with zero attached hydrogens (tertiary/aromatic N) is 2. The molecule has 2 aromatic carbocycles. The first kappa shape index (κ1) is 19.9. The largest absolute Gasteiger partial charge is 0.387 e. The van der Waals surface area contributed by atoms with Crippen LogP contribution in [0.4, 0.5) is 5.69 Å². The van der Waals surface area contributed by atoms with E-state index in [9.17, 15) is 4.79 Å². The van der Waals surface area contributed by atoms with Crippen LogP contribution >= 0.6 is 12.4 Å². The number of aromatic nitrogens is 1. The van der Waals surface area contributed by atoms with Crippen LogP contribution in [-0.2, 0) is 0 Å². The van der Waals surface area contributed by atoms with E-state index in [1.807, 2.05) is 63.3 Å². The summed E-state index contributed by atoms with van der Waals surface area (Å²) in [6.45, 7) is 3.45. The van der Waals surface area contributed by atoms with Crippen LogP contribution in [0.1, 0.15) is 15.9 Å². The van der Waals surface area contributed by atoms with Gasteiger partial charge in [-0.25, -0.2) is 4.98 Å². The Labute approximate surface area is 160 Å².